The van der Waals surface area contributed by atoms with Crippen LogP contribution in [0.4, 0.5) is 4.39 Å². The first-order valence-electron chi connectivity index (χ1n) is 10.0. The molecule has 152 valence electrons. The van der Waals surface area contributed by atoms with Crippen molar-refractivity contribution in [2.75, 3.05) is 6.54 Å². The Morgan fingerprint density at radius 2 is 1.87 bits per heavy atom. The number of H-pyrrole nitrogens is 1. The molecule has 0 unspecified atom stereocenters. The predicted molar refractivity (Wildman–Crippen MR) is 116 cm³/mol. The molecule has 4 aromatic rings. The molecule has 1 aliphatic carbocycles. The van der Waals surface area contributed by atoms with Crippen molar-refractivity contribution in [2.24, 2.45) is 5.73 Å². The summed E-state index contributed by atoms with van der Waals surface area (Å²) >= 11 is 0. The van der Waals surface area contributed by atoms with Crippen LogP contribution in [0.1, 0.15) is 29.5 Å². The Bertz CT molecular complexity index is 1390. The molecule has 5 nitrogen and oxygen atoms in total. The summed E-state index contributed by atoms with van der Waals surface area (Å²) in [5, 5.41) is 11.8. The summed E-state index contributed by atoms with van der Waals surface area (Å²) in [6.07, 6.45) is 3.74. The largest absolute Gasteiger partial charge is 0.504 e. The highest BCUT2D eigenvalue weighted by atomic mass is 19.1. The topological polar surface area (TPSA) is 92.0 Å². The van der Waals surface area contributed by atoms with E-state index in [0.29, 0.717) is 39.5 Å². The fraction of sp³-hybridized carbons (Fsp3) is 0.250. The first-order chi connectivity index (χ1) is 14.4. The van der Waals surface area contributed by atoms with Crippen LogP contribution in [0.15, 0.2) is 41.3 Å². The van der Waals surface area contributed by atoms with Crippen molar-refractivity contribution < 1.29 is 9.50 Å². The quantitative estimate of drug-likeness (QED) is 0.447. The van der Waals surface area contributed by atoms with Crippen molar-refractivity contribution in [1.29, 1.82) is 0 Å². The van der Waals surface area contributed by atoms with E-state index in [-0.39, 0.29) is 16.5 Å². The van der Waals surface area contributed by atoms with Crippen LogP contribution in [0, 0.1) is 19.7 Å². The molecule has 0 aliphatic heterocycles. The molecule has 0 amide bonds. The summed E-state index contributed by atoms with van der Waals surface area (Å²) in [4.78, 5) is 20.0. The fourth-order valence-electron chi connectivity index (χ4n) is 4.46. The summed E-state index contributed by atoms with van der Waals surface area (Å²) in [5.74, 6) is -1.19. The lowest BCUT2D eigenvalue weighted by molar-refractivity contribution is 0.433. The van der Waals surface area contributed by atoms with Crippen LogP contribution in [0.2, 0.25) is 0 Å². The molecule has 1 aliphatic rings. The third-order valence-corrected chi connectivity index (χ3v) is 6.54. The van der Waals surface area contributed by atoms with Crippen LogP contribution < -0.4 is 11.3 Å². The van der Waals surface area contributed by atoms with Crippen molar-refractivity contribution >= 4 is 21.8 Å². The Morgan fingerprint density at radius 3 is 2.50 bits per heavy atom. The van der Waals surface area contributed by atoms with Crippen molar-refractivity contribution in [1.82, 2.24) is 9.97 Å². The molecule has 2 aromatic carbocycles. The zero-order chi connectivity index (χ0) is 21.2. The molecule has 0 spiro atoms. The Hall–Kier alpha value is -3.25. The zero-order valence-electron chi connectivity index (χ0n) is 16.8. The number of fused-ring (bicyclic) bond motifs is 3. The van der Waals surface area contributed by atoms with Gasteiger partial charge in [-0.15, -0.1) is 0 Å². The van der Waals surface area contributed by atoms with Crippen LogP contribution in [-0.4, -0.2) is 21.6 Å². The SMILES string of the molecule is Cc1c(F)c(O)c(-c2ccc(C3(CN)CC3)cc2)c2c1[nH]c(=O)c1c(C)ccnc12. The molecular formula is C24H22FN3O2. The molecule has 1 saturated carbocycles. The van der Waals surface area contributed by atoms with Crippen LogP contribution >= 0.6 is 0 Å². The maximum atomic E-state index is 14.9. The maximum absolute atomic E-state index is 14.9. The van der Waals surface area contributed by atoms with Gasteiger partial charge < -0.3 is 15.8 Å². The van der Waals surface area contributed by atoms with Gasteiger partial charge in [-0.25, -0.2) is 4.39 Å². The van der Waals surface area contributed by atoms with E-state index in [4.69, 9.17) is 5.73 Å². The molecule has 30 heavy (non-hydrogen) atoms. The number of halogens is 1. The predicted octanol–water partition coefficient (Wildman–Crippen LogP) is 4.20. The molecule has 2 heterocycles. The Kier molecular flexibility index (Phi) is 3.98. The van der Waals surface area contributed by atoms with E-state index < -0.39 is 11.6 Å². The first kappa shape index (κ1) is 18.8. The van der Waals surface area contributed by atoms with Crippen molar-refractivity contribution in [3.63, 3.8) is 0 Å². The van der Waals surface area contributed by atoms with Gasteiger partial charge in [0, 0.05) is 34.7 Å². The highest BCUT2D eigenvalue weighted by Crippen LogP contribution is 2.48. The van der Waals surface area contributed by atoms with Gasteiger partial charge in [-0.2, -0.15) is 0 Å². The number of rotatable bonds is 3. The molecule has 5 rings (SSSR count). The molecule has 6 heteroatoms. The Labute approximate surface area is 172 Å². The van der Waals surface area contributed by atoms with Gasteiger partial charge in [-0.1, -0.05) is 24.3 Å². The summed E-state index contributed by atoms with van der Waals surface area (Å²) in [7, 11) is 0. The van der Waals surface area contributed by atoms with Gasteiger partial charge in [-0.3, -0.25) is 9.78 Å². The number of hydrogen-bond acceptors (Lipinski definition) is 4. The normalized spacial score (nSPS) is 15.1. The number of pyridine rings is 2. The summed E-state index contributed by atoms with van der Waals surface area (Å²) in [5.41, 5.74) is 9.55. The van der Waals surface area contributed by atoms with Gasteiger partial charge in [0.1, 0.15) is 0 Å². The first-order valence-corrected chi connectivity index (χ1v) is 10.0. The van der Waals surface area contributed by atoms with Gasteiger partial charge in [0.2, 0.25) is 0 Å². The van der Waals surface area contributed by atoms with E-state index in [0.717, 1.165) is 24.0 Å². The van der Waals surface area contributed by atoms with E-state index in [2.05, 4.69) is 9.97 Å². The average Bonchev–Trinajstić information content (AvgIpc) is 3.55. The highest BCUT2D eigenvalue weighted by molar-refractivity contribution is 6.13. The minimum atomic E-state index is -0.746. The molecule has 0 radical (unpaired) electrons. The van der Waals surface area contributed by atoms with Crippen molar-refractivity contribution in [2.45, 2.75) is 32.1 Å². The zero-order valence-corrected chi connectivity index (χ0v) is 16.8. The second kappa shape index (κ2) is 6.37. The molecule has 1 fully saturated rings. The number of phenols is 1. The molecule has 0 saturated heterocycles. The molecule has 2 aromatic heterocycles. The third-order valence-electron chi connectivity index (χ3n) is 6.54. The lowest BCUT2D eigenvalue weighted by Crippen LogP contribution is -2.19. The number of hydrogen-bond donors (Lipinski definition) is 3. The summed E-state index contributed by atoms with van der Waals surface area (Å²) in [6.45, 7) is 3.96. The number of nitrogens with one attached hydrogen (secondary N) is 1. The fourth-order valence-corrected chi connectivity index (χ4v) is 4.46. The minimum absolute atomic E-state index is 0.0395. The Morgan fingerprint density at radius 1 is 1.17 bits per heavy atom. The smallest absolute Gasteiger partial charge is 0.258 e. The van der Waals surface area contributed by atoms with Crippen LogP contribution in [-0.2, 0) is 5.41 Å². The number of benzene rings is 2. The molecule has 0 bridgehead atoms. The number of aromatic nitrogens is 2. The van der Waals surface area contributed by atoms with E-state index in [1.54, 1.807) is 19.2 Å². The van der Waals surface area contributed by atoms with Gasteiger partial charge in [-0.05, 0) is 49.4 Å². The lowest BCUT2D eigenvalue weighted by Gasteiger charge is -2.17. The molecule has 0 atom stereocenters. The number of phenolic OH excluding ortho intramolecular Hbond substituents is 1. The van der Waals surface area contributed by atoms with Gasteiger partial charge in [0.25, 0.3) is 5.56 Å². The second-order valence-electron chi connectivity index (χ2n) is 8.28. The monoisotopic (exact) mass is 403 g/mol. The van der Waals surface area contributed by atoms with Crippen molar-refractivity contribution in [3.8, 4) is 16.9 Å². The molecule has 4 N–H and O–H groups in total. The van der Waals surface area contributed by atoms with Crippen LogP contribution in [0.5, 0.6) is 5.75 Å². The summed E-state index contributed by atoms with van der Waals surface area (Å²) in [6, 6.07) is 9.49. The van der Waals surface area contributed by atoms with Crippen molar-refractivity contribution in [3.05, 3.63) is 69.4 Å². The highest BCUT2D eigenvalue weighted by Gasteiger charge is 2.42. The lowest BCUT2D eigenvalue weighted by atomic mass is 9.91. The Balaban J connectivity index is 1.88. The van der Waals surface area contributed by atoms with Crippen LogP contribution in [0.25, 0.3) is 32.9 Å². The second-order valence-corrected chi connectivity index (χ2v) is 8.28. The number of aryl methyl sites for hydroxylation is 2. The minimum Gasteiger partial charge on any atom is -0.504 e. The molecular weight excluding hydrogens is 381 g/mol. The van der Waals surface area contributed by atoms with E-state index >= 15 is 0 Å². The maximum Gasteiger partial charge on any atom is 0.258 e. The van der Waals surface area contributed by atoms with Gasteiger partial charge in [0.15, 0.2) is 11.6 Å². The van der Waals surface area contributed by atoms with Gasteiger partial charge >= 0.3 is 0 Å². The number of aromatic amines is 1. The number of aromatic hydroxyl groups is 1. The van der Waals surface area contributed by atoms with E-state index in [1.165, 1.54) is 0 Å². The van der Waals surface area contributed by atoms with E-state index in [1.807, 2.05) is 31.2 Å². The van der Waals surface area contributed by atoms with E-state index in [9.17, 15) is 14.3 Å². The van der Waals surface area contributed by atoms with Gasteiger partial charge in [0.05, 0.1) is 16.4 Å². The standard InChI is InChI=1S/C24H22FN3O2/c1-12-7-10-27-21-16(12)23(30)28-20-13(2)19(25)22(29)17(18(20)21)14-3-5-15(6-4-14)24(11-26)8-9-24/h3-7,10,29H,8-9,11,26H2,1-2H3,(H,28,30). The van der Waals surface area contributed by atoms with Crippen LogP contribution in [0.3, 0.4) is 0 Å². The number of nitrogens with zero attached hydrogens (tertiary/aromatic N) is 1. The average molecular weight is 403 g/mol. The number of nitrogens with two attached hydrogens (primary N) is 1. The third kappa shape index (κ3) is 2.50. The summed E-state index contributed by atoms with van der Waals surface area (Å²) < 4.78 is 14.9.